The first-order valence-corrected chi connectivity index (χ1v) is 7.57. The van der Waals surface area contributed by atoms with Gasteiger partial charge >= 0.3 is 5.97 Å². The summed E-state index contributed by atoms with van der Waals surface area (Å²) in [6.07, 6.45) is 0. The normalized spacial score (nSPS) is 10.5. The van der Waals surface area contributed by atoms with Crippen molar-refractivity contribution in [2.24, 2.45) is 7.05 Å². The summed E-state index contributed by atoms with van der Waals surface area (Å²) in [5.41, 5.74) is 1.02. The van der Waals surface area contributed by atoms with Gasteiger partial charge in [-0.15, -0.1) is 0 Å². The van der Waals surface area contributed by atoms with Gasteiger partial charge in [0.15, 0.2) is 0 Å². The number of hydrogen-bond acceptors (Lipinski definition) is 4. The van der Waals surface area contributed by atoms with E-state index in [1.54, 1.807) is 19.9 Å². The van der Waals surface area contributed by atoms with Gasteiger partial charge in [0.25, 0.3) is 5.56 Å². The van der Waals surface area contributed by atoms with Gasteiger partial charge < -0.3 is 10.1 Å². The SMILES string of the molecule is COC(=O)c1c(C)c(C)c(=O)n(C)c1Nc1ccc(Br)cc1F. The van der Waals surface area contributed by atoms with Crippen molar-refractivity contribution in [2.45, 2.75) is 13.8 Å². The first-order chi connectivity index (χ1) is 10.8. The van der Waals surface area contributed by atoms with Crippen LogP contribution >= 0.6 is 15.9 Å². The molecular weight excluding hydrogens is 367 g/mol. The molecule has 5 nitrogen and oxygen atoms in total. The minimum atomic E-state index is -0.596. The van der Waals surface area contributed by atoms with E-state index in [0.717, 1.165) is 0 Å². The van der Waals surface area contributed by atoms with Gasteiger partial charge in [-0.1, -0.05) is 15.9 Å². The number of ether oxygens (including phenoxy) is 1. The molecular formula is C16H16BrFN2O3. The molecule has 0 aliphatic rings. The highest BCUT2D eigenvalue weighted by atomic mass is 79.9. The summed E-state index contributed by atoms with van der Waals surface area (Å²) in [7, 11) is 2.77. The van der Waals surface area contributed by atoms with E-state index in [1.807, 2.05) is 0 Å². The highest BCUT2D eigenvalue weighted by Crippen LogP contribution is 2.27. The van der Waals surface area contributed by atoms with Crippen LogP contribution in [0.5, 0.6) is 0 Å². The van der Waals surface area contributed by atoms with Crippen molar-refractivity contribution in [3.05, 3.63) is 55.5 Å². The minimum Gasteiger partial charge on any atom is -0.465 e. The van der Waals surface area contributed by atoms with Crippen molar-refractivity contribution in [3.63, 3.8) is 0 Å². The van der Waals surface area contributed by atoms with Crippen molar-refractivity contribution in [1.29, 1.82) is 0 Å². The molecule has 7 heteroatoms. The lowest BCUT2D eigenvalue weighted by molar-refractivity contribution is 0.0600. The summed E-state index contributed by atoms with van der Waals surface area (Å²) in [5, 5.41) is 2.83. The fourth-order valence-corrected chi connectivity index (χ4v) is 2.60. The lowest BCUT2D eigenvalue weighted by Crippen LogP contribution is -2.27. The number of esters is 1. The number of aromatic nitrogens is 1. The van der Waals surface area contributed by atoms with Crippen LogP contribution in [0.15, 0.2) is 27.5 Å². The molecule has 0 unspecified atom stereocenters. The maximum Gasteiger partial charge on any atom is 0.341 e. The van der Waals surface area contributed by atoms with Gasteiger partial charge in [-0.2, -0.15) is 0 Å². The standard InChI is InChI=1S/C16H16BrFN2O3/c1-8-9(2)15(21)20(3)14(13(8)16(22)23-4)19-12-6-5-10(17)7-11(12)18/h5-7,19H,1-4H3. The number of hydrogen-bond donors (Lipinski definition) is 1. The largest absolute Gasteiger partial charge is 0.465 e. The zero-order chi connectivity index (χ0) is 17.3. The summed E-state index contributed by atoms with van der Waals surface area (Å²) in [4.78, 5) is 24.4. The van der Waals surface area contributed by atoms with Crippen molar-refractivity contribution in [3.8, 4) is 0 Å². The Balaban J connectivity index is 2.70. The first-order valence-electron chi connectivity index (χ1n) is 6.78. The Morgan fingerprint density at radius 3 is 2.52 bits per heavy atom. The number of methoxy groups -OCH3 is 1. The van der Waals surface area contributed by atoms with E-state index in [9.17, 15) is 14.0 Å². The number of nitrogens with zero attached hydrogens (tertiary/aromatic N) is 1. The Labute approximate surface area is 141 Å². The Morgan fingerprint density at radius 1 is 1.30 bits per heavy atom. The lowest BCUT2D eigenvalue weighted by atomic mass is 10.0. The summed E-state index contributed by atoms with van der Waals surface area (Å²) >= 11 is 3.18. The molecule has 0 aliphatic heterocycles. The van der Waals surface area contributed by atoms with Crippen molar-refractivity contribution >= 4 is 33.4 Å². The van der Waals surface area contributed by atoms with Crippen LogP contribution in [-0.2, 0) is 11.8 Å². The molecule has 2 aromatic rings. The van der Waals surface area contributed by atoms with Gasteiger partial charge in [0.2, 0.25) is 0 Å². The van der Waals surface area contributed by atoms with Crippen LogP contribution < -0.4 is 10.9 Å². The molecule has 1 aromatic carbocycles. The number of rotatable bonds is 3. The second-order valence-electron chi connectivity index (χ2n) is 5.08. The zero-order valence-corrected chi connectivity index (χ0v) is 14.7. The fourth-order valence-electron chi connectivity index (χ4n) is 2.26. The Morgan fingerprint density at radius 2 is 1.96 bits per heavy atom. The Bertz CT molecular complexity index is 846. The summed E-state index contributed by atoms with van der Waals surface area (Å²) in [5.74, 6) is -0.923. The molecule has 0 spiro atoms. The fraction of sp³-hybridized carbons (Fsp3) is 0.250. The van der Waals surface area contributed by atoms with Crippen molar-refractivity contribution < 1.29 is 13.9 Å². The molecule has 1 N–H and O–H groups in total. The highest BCUT2D eigenvalue weighted by molar-refractivity contribution is 9.10. The molecule has 0 aliphatic carbocycles. The predicted octanol–water partition coefficient (Wildman–Crippen LogP) is 3.43. The number of nitrogens with one attached hydrogen (secondary N) is 1. The number of benzene rings is 1. The number of halogens is 2. The minimum absolute atomic E-state index is 0.150. The van der Waals surface area contributed by atoms with Crippen LogP contribution in [0.1, 0.15) is 21.5 Å². The van der Waals surface area contributed by atoms with Gasteiger partial charge in [0, 0.05) is 17.1 Å². The van der Waals surface area contributed by atoms with Crippen LogP contribution in [0.2, 0.25) is 0 Å². The van der Waals surface area contributed by atoms with Gasteiger partial charge in [-0.3, -0.25) is 9.36 Å². The molecule has 0 radical (unpaired) electrons. The number of carbonyl (C=O) groups excluding carboxylic acids is 1. The predicted molar refractivity (Wildman–Crippen MR) is 89.9 cm³/mol. The maximum absolute atomic E-state index is 14.1. The Hall–Kier alpha value is -2.15. The second-order valence-corrected chi connectivity index (χ2v) is 5.99. The van der Waals surface area contributed by atoms with E-state index in [2.05, 4.69) is 21.2 Å². The van der Waals surface area contributed by atoms with E-state index in [-0.39, 0.29) is 22.6 Å². The number of anilines is 2. The third-order valence-electron chi connectivity index (χ3n) is 3.71. The van der Waals surface area contributed by atoms with Crippen molar-refractivity contribution in [2.75, 3.05) is 12.4 Å². The molecule has 0 bridgehead atoms. The third kappa shape index (κ3) is 3.14. The summed E-state index contributed by atoms with van der Waals surface area (Å²) < 4.78 is 20.7. The third-order valence-corrected chi connectivity index (χ3v) is 4.20. The van der Waals surface area contributed by atoms with Gasteiger partial charge in [0.05, 0.1) is 12.8 Å². The van der Waals surface area contributed by atoms with Crippen molar-refractivity contribution in [1.82, 2.24) is 4.57 Å². The monoisotopic (exact) mass is 382 g/mol. The Kier molecular flexibility index (Phi) is 4.89. The van der Waals surface area contributed by atoms with Crippen LogP contribution in [0.4, 0.5) is 15.9 Å². The quantitative estimate of drug-likeness (QED) is 0.826. The van der Waals surface area contributed by atoms with E-state index < -0.39 is 11.8 Å². The van der Waals surface area contributed by atoms with E-state index in [1.165, 1.54) is 30.9 Å². The molecule has 0 atom stereocenters. The molecule has 23 heavy (non-hydrogen) atoms. The van der Waals surface area contributed by atoms with E-state index in [4.69, 9.17) is 4.74 Å². The number of carbonyl (C=O) groups is 1. The summed E-state index contributed by atoms with van der Waals surface area (Å²) in [6, 6.07) is 4.46. The van der Waals surface area contributed by atoms with Crippen LogP contribution in [-0.4, -0.2) is 17.6 Å². The van der Waals surface area contributed by atoms with Crippen LogP contribution in [0, 0.1) is 19.7 Å². The van der Waals surface area contributed by atoms with E-state index >= 15 is 0 Å². The average Bonchev–Trinajstić information content (AvgIpc) is 2.52. The lowest BCUT2D eigenvalue weighted by Gasteiger charge is -2.18. The highest BCUT2D eigenvalue weighted by Gasteiger charge is 2.22. The first kappa shape index (κ1) is 17.2. The molecule has 0 saturated heterocycles. The smallest absolute Gasteiger partial charge is 0.341 e. The average molecular weight is 383 g/mol. The molecule has 0 saturated carbocycles. The topological polar surface area (TPSA) is 60.3 Å². The van der Waals surface area contributed by atoms with Crippen LogP contribution in [0.3, 0.4) is 0 Å². The molecule has 122 valence electrons. The zero-order valence-electron chi connectivity index (χ0n) is 13.2. The summed E-state index contributed by atoms with van der Waals surface area (Å²) in [6.45, 7) is 3.29. The molecule has 0 fully saturated rings. The van der Waals surface area contributed by atoms with Gasteiger partial charge in [0.1, 0.15) is 17.2 Å². The number of pyridine rings is 1. The maximum atomic E-state index is 14.1. The molecule has 2 rings (SSSR count). The van der Waals surface area contributed by atoms with Gasteiger partial charge in [-0.05, 0) is 37.6 Å². The van der Waals surface area contributed by atoms with E-state index in [0.29, 0.717) is 15.6 Å². The molecule has 1 aromatic heterocycles. The van der Waals surface area contributed by atoms with Crippen LogP contribution in [0.25, 0.3) is 0 Å². The second kappa shape index (κ2) is 6.54. The molecule has 0 amide bonds. The molecule has 1 heterocycles. The van der Waals surface area contributed by atoms with Gasteiger partial charge in [-0.25, -0.2) is 9.18 Å².